The molecule has 0 saturated heterocycles. The summed E-state index contributed by atoms with van der Waals surface area (Å²) in [5.41, 5.74) is -0.428. The van der Waals surface area contributed by atoms with Gasteiger partial charge in [-0.15, -0.1) is 0 Å². The molecule has 0 radical (unpaired) electrons. The number of rotatable bonds is 8. The van der Waals surface area contributed by atoms with E-state index in [1.165, 1.54) is 23.1 Å². The highest BCUT2D eigenvalue weighted by Crippen LogP contribution is 2.41. The number of benzene rings is 2. The second-order valence-electron chi connectivity index (χ2n) is 12.6. The van der Waals surface area contributed by atoms with Gasteiger partial charge in [-0.1, -0.05) is 32.9 Å². The predicted molar refractivity (Wildman–Crippen MR) is 157 cm³/mol. The lowest BCUT2D eigenvalue weighted by Crippen LogP contribution is -2.45. The topological polar surface area (TPSA) is 129 Å². The lowest BCUT2D eigenvalue weighted by atomic mass is 10.0. The number of hydrogen-bond acceptors (Lipinski definition) is 6. The van der Waals surface area contributed by atoms with E-state index >= 15 is 0 Å². The van der Waals surface area contributed by atoms with Gasteiger partial charge in [-0.2, -0.15) is 0 Å². The zero-order chi connectivity index (χ0) is 30.9. The van der Waals surface area contributed by atoms with Crippen molar-refractivity contribution >= 4 is 31.3 Å². The van der Waals surface area contributed by atoms with E-state index in [1.54, 1.807) is 32.9 Å². The molecule has 1 heterocycles. The van der Waals surface area contributed by atoms with Gasteiger partial charge in [0, 0.05) is 18.0 Å². The van der Waals surface area contributed by atoms with E-state index in [2.05, 4.69) is 38.8 Å². The molecule has 1 aromatic heterocycles. The zero-order valence-corrected chi connectivity index (χ0v) is 25.8. The highest BCUT2D eigenvalue weighted by atomic mass is 28.4. The van der Waals surface area contributed by atoms with Gasteiger partial charge in [0.25, 0.3) is 0 Å². The van der Waals surface area contributed by atoms with Crippen LogP contribution in [-0.2, 0) is 15.7 Å². The number of aromatic hydroxyl groups is 1. The quantitative estimate of drug-likeness (QED) is 0.255. The maximum absolute atomic E-state index is 14.6. The van der Waals surface area contributed by atoms with E-state index in [9.17, 15) is 29.0 Å². The number of aromatic nitrogens is 1. The number of fused-ring (bicyclic) bond motifs is 1. The lowest BCUT2D eigenvalue weighted by Gasteiger charge is -2.41. The van der Waals surface area contributed by atoms with E-state index in [0.29, 0.717) is 16.5 Å². The highest BCUT2D eigenvalue weighted by molar-refractivity contribution is 6.74. The molecular weight excluding hydrogens is 547 g/mol. The van der Waals surface area contributed by atoms with E-state index in [0.717, 1.165) is 12.1 Å². The Morgan fingerprint density at radius 2 is 1.71 bits per heavy atom. The van der Waals surface area contributed by atoms with Crippen molar-refractivity contribution < 1.29 is 33.4 Å². The molecule has 0 spiro atoms. The van der Waals surface area contributed by atoms with Crippen molar-refractivity contribution in [1.82, 2.24) is 9.88 Å². The average Bonchev–Trinajstić information content (AvgIpc) is 2.81. The first-order valence-electron chi connectivity index (χ1n) is 13.3. The van der Waals surface area contributed by atoms with Crippen LogP contribution < -0.4 is 5.56 Å². The van der Waals surface area contributed by atoms with Crippen LogP contribution in [0.25, 0.3) is 10.9 Å². The molecule has 2 aromatic carbocycles. The summed E-state index contributed by atoms with van der Waals surface area (Å²) in [5, 5.41) is 20.1. The van der Waals surface area contributed by atoms with Gasteiger partial charge >= 0.3 is 12.1 Å². The minimum Gasteiger partial charge on any atom is -0.506 e. The number of nitrogens with zero attached hydrogens (tertiary/aromatic N) is 1. The normalized spacial score (nSPS) is 13.2. The van der Waals surface area contributed by atoms with E-state index in [-0.39, 0.29) is 35.0 Å². The van der Waals surface area contributed by atoms with Gasteiger partial charge in [-0.25, -0.2) is 14.0 Å². The summed E-state index contributed by atoms with van der Waals surface area (Å²) < 4.78 is 27.1. The second kappa shape index (κ2) is 11.7. The minimum atomic E-state index is -2.47. The Bertz CT molecular complexity index is 1510. The Kier molecular flexibility index (Phi) is 9.04. The molecule has 0 bridgehead atoms. The standard InChI is InChI=1S/C30H39FN2O7Si/c1-29(2,3)39-28(38)33(16-18-9-10-21(27(36)37)22(31)15-18)17-24(40-41(7,8)30(4,5)6)19-11-13-23(34)26-20(19)12-14-25(35)32-26/h9-15,24,34H,16-17H2,1-8H3,(H,32,35)(H,36,37). The Morgan fingerprint density at radius 1 is 1.05 bits per heavy atom. The maximum atomic E-state index is 14.6. The average molecular weight is 587 g/mol. The number of amides is 1. The fourth-order valence-corrected chi connectivity index (χ4v) is 5.32. The molecule has 1 amide bonds. The molecule has 222 valence electrons. The van der Waals surface area contributed by atoms with Crippen molar-refractivity contribution in [2.75, 3.05) is 6.54 Å². The second-order valence-corrected chi connectivity index (χ2v) is 17.4. The van der Waals surface area contributed by atoms with Crippen LogP contribution in [-0.4, -0.2) is 52.6 Å². The summed E-state index contributed by atoms with van der Waals surface area (Å²) in [7, 11) is -2.47. The number of carbonyl (C=O) groups is 2. The Hall–Kier alpha value is -3.70. The fraction of sp³-hybridized carbons (Fsp3) is 0.433. The number of aromatic carboxylic acids is 1. The third kappa shape index (κ3) is 7.73. The number of carbonyl (C=O) groups excluding carboxylic acids is 1. The number of carboxylic acid groups (broad SMARTS) is 1. The van der Waals surface area contributed by atoms with Crippen LogP contribution in [0.5, 0.6) is 5.75 Å². The van der Waals surface area contributed by atoms with E-state index in [4.69, 9.17) is 9.16 Å². The van der Waals surface area contributed by atoms with Gasteiger partial charge in [0.15, 0.2) is 8.32 Å². The lowest BCUT2D eigenvalue weighted by molar-refractivity contribution is 0.0137. The summed E-state index contributed by atoms with van der Waals surface area (Å²) >= 11 is 0. The number of ether oxygens (including phenoxy) is 1. The third-order valence-electron chi connectivity index (χ3n) is 7.17. The van der Waals surface area contributed by atoms with Crippen LogP contribution >= 0.6 is 0 Å². The first-order valence-corrected chi connectivity index (χ1v) is 16.2. The summed E-state index contributed by atoms with van der Waals surface area (Å²) in [6.45, 7) is 15.5. The zero-order valence-electron chi connectivity index (χ0n) is 24.8. The van der Waals surface area contributed by atoms with Crippen molar-refractivity contribution in [3.63, 3.8) is 0 Å². The number of carboxylic acids is 1. The SMILES string of the molecule is CC(C)(C)OC(=O)N(Cc1ccc(C(=O)O)c(F)c1)CC(O[Si](C)(C)C(C)(C)C)c1ccc(O)c2[nH]c(=O)ccc12. The molecule has 1 unspecified atom stereocenters. The van der Waals surface area contributed by atoms with Crippen molar-refractivity contribution in [3.05, 3.63) is 75.3 Å². The molecule has 0 aliphatic rings. The highest BCUT2D eigenvalue weighted by Gasteiger charge is 2.41. The van der Waals surface area contributed by atoms with Crippen LogP contribution in [0.2, 0.25) is 18.1 Å². The Labute approximate surface area is 240 Å². The fourth-order valence-electron chi connectivity index (χ4n) is 4.05. The number of aromatic amines is 1. The van der Waals surface area contributed by atoms with Gasteiger partial charge in [0.05, 0.1) is 23.7 Å². The van der Waals surface area contributed by atoms with Crippen LogP contribution in [0.3, 0.4) is 0 Å². The number of phenolic OH excluding ortho intramolecular Hbond substituents is 1. The van der Waals surface area contributed by atoms with Gasteiger partial charge in [-0.3, -0.25) is 4.79 Å². The van der Waals surface area contributed by atoms with Crippen LogP contribution in [0.1, 0.15) is 69.1 Å². The third-order valence-corrected chi connectivity index (χ3v) is 11.7. The minimum absolute atomic E-state index is 0.0112. The van der Waals surface area contributed by atoms with Crippen LogP contribution in [0, 0.1) is 5.82 Å². The summed E-state index contributed by atoms with van der Waals surface area (Å²) in [6, 6.07) is 9.82. The molecule has 3 aromatic rings. The summed E-state index contributed by atoms with van der Waals surface area (Å²) in [5.74, 6) is -2.41. The Morgan fingerprint density at radius 3 is 2.27 bits per heavy atom. The molecule has 1 atom stereocenters. The molecule has 0 saturated carbocycles. The number of pyridine rings is 1. The summed E-state index contributed by atoms with van der Waals surface area (Å²) in [4.78, 5) is 40.9. The molecule has 0 fully saturated rings. The number of halogens is 1. The van der Waals surface area contributed by atoms with Crippen molar-refractivity contribution in [2.24, 2.45) is 0 Å². The summed E-state index contributed by atoms with van der Waals surface area (Å²) in [6.07, 6.45) is -1.39. The molecule has 0 aliphatic carbocycles. The Balaban J connectivity index is 2.15. The molecule has 0 aliphatic heterocycles. The van der Waals surface area contributed by atoms with E-state index in [1.807, 2.05) is 0 Å². The van der Waals surface area contributed by atoms with Crippen molar-refractivity contribution in [3.8, 4) is 5.75 Å². The maximum Gasteiger partial charge on any atom is 0.410 e. The molecule has 9 nitrogen and oxygen atoms in total. The monoisotopic (exact) mass is 586 g/mol. The van der Waals surface area contributed by atoms with Gasteiger partial charge in [-0.05, 0) is 74.3 Å². The number of H-pyrrole nitrogens is 1. The van der Waals surface area contributed by atoms with Gasteiger partial charge in [0.1, 0.15) is 17.2 Å². The van der Waals surface area contributed by atoms with Crippen LogP contribution in [0.15, 0.2) is 47.3 Å². The number of nitrogens with one attached hydrogen (secondary N) is 1. The molecule has 3 rings (SSSR count). The van der Waals surface area contributed by atoms with Crippen LogP contribution in [0.4, 0.5) is 9.18 Å². The van der Waals surface area contributed by atoms with Gasteiger partial charge < -0.3 is 29.3 Å². The van der Waals surface area contributed by atoms with Crippen molar-refractivity contribution in [2.45, 2.75) is 77.9 Å². The van der Waals surface area contributed by atoms with Gasteiger partial charge in [0.2, 0.25) is 5.56 Å². The first kappa shape index (κ1) is 31.8. The molecule has 41 heavy (non-hydrogen) atoms. The smallest absolute Gasteiger partial charge is 0.410 e. The molecule has 3 N–H and O–H groups in total. The van der Waals surface area contributed by atoms with Crippen molar-refractivity contribution in [1.29, 1.82) is 0 Å². The predicted octanol–water partition coefficient (Wildman–Crippen LogP) is 6.57. The van der Waals surface area contributed by atoms with E-state index < -0.39 is 43.5 Å². The molecule has 11 heteroatoms. The number of hydrogen-bond donors (Lipinski definition) is 3. The number of phenols is 1. The first-order chi connectivity index (χ1) is 18.8. The largest absolute Gasteiger partial charge is 0.506 e. The molecular formula is C30H39FN2O7Si.